The Labute approximate surface area is 150 Å². The van der Waals surface area contributed by atoms with Gasteiger partial charge in [0.05, 0.1) is 19.9 Å². The number of benzene rings is 2. The van der Waals surface area contributed by atoms with Crippen molar-refractivity contribution in [3.8, 4) is 22.6 Å². The van der Waals surface area contributed by atoms with Gasteiger partial charge in [0.2, 0.25) is 0 Å². The molecule has 5 nitrogen and oxygen atoms in total. The Balaban J connectivity index is 1.57. The van der Waals surface area contributed by atoms with Crippen molar-refractivity contribution in [2.45, 2.75) is 6.54 Å². The largest absolute Gasteiger partial charge is 0.504 e. The van der Waals surface area contributed by atoms with Crippen LogP contribution in [0.25, 0.3) is 11.1 Å². The number of nitrogens with zero attached hydrogens (tertiary/aromatic N) is 1. The molecule has 0 amide bonds. The molecule has 0 aliphatic heterocycles. The summed E-state index contributed by atoms with van der Waals surface area (Å²) in [5, 5.41) is 14.6. The van der Waals surface area contributed by atoms with E-state index in [4.69, 9.17) is 16.3 Å². The second-order valence-electron chi connectivity index (χ2n) is 5.44. The standard InChI is InChI=1S/C19H18ClN3O2/c1-25-19-7-2-13(8-18(19)24)10-22-23-12-17-9-15(11-21-17)14-3-5-16(20)6-4-14/h2-11,21,23-24H,12H2,1H3/b22-10+. The smallest absolute Gasteiger partial charge is 0.160 e. The minimum Gasteiger partial charge on any atom is -0.504 e. The third-order valence-electron chi connectivity index (χ3n) is 3.70. The van der Waals surface area contributed by atoms with Crippen LogP contribution in [-0.4, -0.2) is 23.4 Å². The predicted octanol–water partition coefficient (Wildman–Crippen LogP) is 4.17. The molecule has 0 unspecified atom stereocenters. The molecule has 3 aromatic rings. The summed E-state index contributed by atoms with van der Waals surface area (Å²) >= 11 is 5.91. The lowest BCUT2D eigenvalue weighted by Gasteiger charge is -2.03. The molecule has 3 N–H and O–H groups in total. The average molecular weight is 356 g/mol. The van der Waals surface area contributed by atoms with Crippen molar-refractivity contribution in [2.75, 3.05) is 7.11 Å². The van der Waals surface area contributed by atoms with E-state index in [9.17, 15) is 5.11 Å². The summed E-state index contributed by atoms with van der Waals surface area (Å²) in [4.78, 5) is 3.22. The van der Waals surface area contributed by atoms with E-state index in [0.29, 0.717) is 12.3 Å². The Morgan fingerprint density at radius 2 is 1.96 bits per heavy atom. The summed E-state index contributed by atoms with van der Waals surface area (Å²) in [6.07, 6.45) is 3.59. The predicted molar refractivity (Wildman–Crippen MR) is 100 cm³/mol. The van der Waals surface area contributed by atoms with Gasteiger partial charge in [-0.3, -0.25) is 0 Å². The molecule has 0 radical (unpaired) electrons. The number of methoxy groups -OCH3 is 1. The maximum atomic E-state index is 9.73. The highest BCUT2D eigenvalue weighted by Gasteiger charge is 2.02. The minimum absolute atomic E-state index is 0.0865. The van der Waals surface area contributed by atoms with Gasteiger partial charge >= 0.3 is 0 Å². The van der Waals surface area contributed by atoms with Gasteiger partial charge in [0, 0.05) is 16.9 Å². The van der Waals surface area contributed by atoms with Crippen molar-refractivity contribution < 1.29 is 9.84 Å². The third-order valence-corrected chi connectivity index (χ3v) is 3.95. The maximum absolute atomic E-state index is 9.73. The van der Waals surface area contributed by atoms with Gasteiger partial charge in [-0.15, -0.1) is 0 Å². The Kier molecular flexibility index (Phi) is 5.26. The molecule has 0 fully saturated rings. The lowest BCUT2D eigenvalue weighted by atomic mass is 10.1. The van der Waals surface area contributed by atoms with Crippen molar-refractivity contribution in [1.29, 1.82) is 0 Å². The molecule has 0 spiro atoms. The van der Waals surface area contributed by atoms with Gasteiger partial charge in [-0.1, -0.05) is 23.7 Å². The van der Waals surface area contributed by atoms with Gasteiger partial charge in [-0.2, -0.15) is 5.10 Å². The Bertz CT molecular complexity index is 873. The van der Waals surface area contributed by atoms with Crippen LogP contribution in [0.1, 0.15) is 11.3 Å². The summed E-state index contributed by atoms with van der Waals surface area (Å²) in [5.74, 6) is 0.523. The van der Waals surface area contributed by atoms with Crippen LogP contribution in [-0.2, 0) is 6.54 Å². The molecule has 0 atom stereocenters. The highest BCUT2D eigenvalue weighted by Crippen LogP contribution is 2.25. The molecule has 3 rings (SSSR count). The van der Waals surface area contributed by atoms with Gasteiger partial charge < -0.3 is 20.3 Å². The van der Waals surface area contributed by atoms with E-state index in [-0.39, 0.29) is 5.75 Å². The van der Waals surface area contributed by atoms with E-state index >= 15 is 0 Å². The van der Waals surface area contributed by atoms with Crippen LogP contribution in [0.4, 0.5) is 0 Å². The fraction of sp³-hybridized carbons (Fsp3) is 0.105. The van der Waals surface area contributed by atoms with Crippen LogP contribution in [0.5, 0.6) is 11.5 Å². The van der Waals surface area contributed by atoms with E-state index in [1.807, 2.05) is 36.5 Å². The zero-order valence-corrected chi connectivity index (χ0v) is 14.4. The second-order valence-corrected chi connectivity index (χ2v) is 5.88. The van der Waals surface area contributed by atoms with E-state index in [1.54, 1.807) is 18.3 Å². The molecule has 0 aliphatic rings. The van der Waals surface area contributed by atoms with Crippen LogP contribution >= 0.6 is 11.6 Å². The monoisotopic (exact) mass is 355 g/mol. The molecule has 0 bridgehead atoms. The Hall–Kier alpha value is -2.92. The number of rotatable bonds is 6. The molecule has 0 saturated carbocycles. The number of aromatic amines is 1. The number of phenols is 1. The van der Waals surface area contributed by atoms with E-state index in [2.05, 4.69) is 21.6 Å². The van der Waals surface area contributed by atoms with E-state index < -0.39 is 0 Å². The van der Waals surface area contributed by atoms with Gasteiger partial charge in [0.15, 0.2) is 11.5 Å². The van der Waals surface area contributed by atoms with E-state index in [1.165, 1.54) is 7.11 Å². The summed E-state index contributed by atoms with van der Waals surface area (Å²) in [6.45, 7) is 0.562. The maximum Gasteiger partial charge on any atom is 0.160 e. The first-order chi connectivity index (χ1) is 12.2. The zero-order valence-electron chi connectivity index (χ0n) is 13.7. The van der Waals surface area contributed by atoms with Crippen LogP contribution in [0.15, 0.2) is 59.8 Å². The Morgan fingerprint density at radius 1 is 1.16 bits per heavy atom. The molecule has 25 heavy (non-hydrogen) atoms. The third kappa shape index (κ3) is 4.33. The summed E-state index contributed by atoms with van der Waals surface area (Å²) < 4.78 is 5.01. The molecule has 6 heteroatoms. The number of hydrogen-bond donors (Lipinski definition) is 3. The summed E-state index contributed by atoms with van der Waals surface area (Å²) in [5.41, 5.74) is 6.96. The topological polar surface area (TPSA) is 69.6 Å². The van der Waals surface area contributed by atoms with Crippen molar-refractivity contribution in [1.82, 2.24) is 10.4 Å². The minimum atomic E-state index is 0.0865. The Morgan fingerprint density at radius 3 is 2.68 bits per heavy atom. The van der Waals surface area contributed by atoms with Gasteiger partial charge in [-0.05, 0) is 53.1 Å². The van der Waals surface area contributed by atoms with Crippen molar-refractivity contribution >= 4 is 17.8 Å². The highest BCUT2D eigenvalue weighted by molar-refractivity contribution is 6.30. The van der Waals surface area contributed by atoms with Crippen molar-refractivity contribution in [2.24, 2.45) is 5.10 Å². The number of aromatic nitrogens is 1. The number of hydrazone groups is 1. The number of hydrogen-bond acceptors (Lipinski definition) is 4. The molecule has 1 heterocycles. The molecule has 0 aliphatic carbocycles. The number of nitrogens with one attached hydrogen (secondary N) is 2. The number of H-pyrrole nitrogens is 1. The lowest BCUT2D eigenvalue weighted by Crippen LogP contribution is -2.05. The molecular formula is C19H18ClN3O2. The van der Waals surface area contributed by atoms with Gasteiger partial charge in [-0.25, -0.2) is 0 Å². The fourth-order valence-corrected chi connectivity index (χ4v) is 2.52. The fourth-order valence-electron chi connectivity index (χ4n) is 2.39. The second kappa shape index (κ2) is 7.77. The van der Waals surface area contributed by atoms with Crippen LogP contribution in [0, 0.1) is 0 Å². The summed E-state index contributed by atoms with van der Waals surface area (Å²) in [7, 11) is 1.51. The van der Waals surface area contributed by atoms with E-state index in [0.717, 1.165) is 27.4 Å². The number of aromatic hydroxyl groups is 1. The number of halogens is 1. The van der Waals surface area contributed by atoms with Crippen LogP contribution < -0.4 is 10.2 Å². The van der Waals surface area contributed by atoms with Gasteiger partial charge in [0.25, 0.3) is 0 Å². The number of ether oxygens (including phenoxy) is 1. The highest BCUT2D eigenvalue weighted by atomic mass is 35.5. The van der Waals surface area contributed by atoms with Crippen LogP contribution in [0.3, 0.4) is 0 Å². The molecule has 128 valence electrons. The lowest BCUT2D eigenvalue weighted by molar-refractivity contribution is 0.373. The molecular weight excluding hydrogens is 338 g/mol. The quantitative estimate of drug-likeness (QED) is 0.459. The van der Waals surface area contributed by atoms with Crippen LogP contribution in [0.2, 0.25) is 5.02 Å². The SMILES string of the molecule is COc1ccc(/C=N/NCc2cc(-c3ccc(Cl)cc3)c[nH]2)cc1O. The molecule has 2 aromatic carbocycles. The summed E-state index contributed by atoms with van der Waals surface area (Å²) in [6, 6.07) is 14.9. The first-order valence-corrected chi connectivity index (χ1v) is 8.09. The van der Waals surface area contributed by atoms with Crippen molar-refractivity contribution in [3.63, 3.8) is 0 Å². The number of phenolic OH excluding ortho intramolecular Hbond substituents is 1. The van der Waals surface area contributed by atoms with Gasteiger partial charge in [0.1, 0.15) is 0 Å². The normalized spacial score (nSPS) is 11.0. The first kappa shape index (κ1) is 16.9. The average Bonchev–Trinajstić information content (AvgIpc) is 3.08. The molecule has 0 saturated heterocycles. The van der Waals surface area contributed by atoms with Crippen molar-refractivity contribution in [3.05, 3.63) is 71.0 Å². The first-order valence-electron chi connectivity index (χ1n) is 7.72. The molecule has 1 aromatic heterocycles. The zero-order chi connectivity index (χ0) is 17.6.